The van der Waals surface area contributed by atoms with Crippen LogP contribution in [-0.2, 0) is 9.59 Å². The average molecular weight is 369 g/mol. The van der Waals surface area contributed by atoms with Crippen molar-refractivity contribution >= 4 is 36.6 Å². The Balaban J connectivity index is 0.00000242. The molecule has 2 aliphatic heterocycles. The van der Waals surface area contributed by atoms with Gasteiger partial charge in [0, 0.05) is 32.7 Å². The second-order valence-corrected chi connectivity index (χ2v) is 5.86. The third kappa shape index (κ3) is 6.10. The fraction of sp³-hybridized carbons (Fsp3) is 0.867. The van der Waals surface area contributed by atoms with Crippen LogP contribution in [0.2, 0.25) is 0 Å². The molecule has 1 unspecified atom stereocenters. The molecular formula is C15H30Cl2N4O2. The number of nitrogens with zero attached hydrogens (tertiary/aromatic N) is 3. The first kappa shape index (κ1) is 22.4. The number of hydrogen-bond donors (Lipinski definition) is 1. The van der Waals surface area contributed by atoms with E-state index < -0.39 is 0 Å². The fourth-order valence-electron chi connectivity index (χ4n) is 3.04. The number of carbonyl (C=O) groups excluding carboxylic acids is 2. The molecule has 8 heteroatoms. The van der Waals surface area contributed by atoms with Gasteiger partial charge in [-0.2, -0.15) is 0 Å². The zero-order valence-electron chi connectivity index (χ0n) is 14.1. The SMILES string of the molecule is CCN(CC)CC(=O)N1CCN(C(=O)C2CCNC2)CC1.Cl.Cl. The number of amides is 2. The summed E-state index contributed by atoms with van der Waals surface area (Å²) in [5, 5.41) is 3.24. The number of hydrogen-bond acceptors (Lipinski definition) is 4. The van der Waals surface area contributed by atoms with Crippen LogP contribution >= 0.6 is 24.8 Å². The van der Waals surface area contributed by atoms with Crippen molar-refractivity contribution < 1.29 is 9.59 Å². The van der Waals surface area contributed by atoms with Gasteiger partial charge in [-0.3, -0.25) is 14.5 Å². The Morgan fingerprint density at radius 2 is 1.61 bits per heavy atom. The summed E-state index contributed by atoms with van der Waals surface area (Å²) in [7, 11) is 0. The first-order chi connectivity index (χ1) is 10.2. The van der Waals surface area contributed by atoms with Gasteiger partial charge in [0.25, 0.3) is 0 Å². The number of nitrogens with one attached hydrogen (secondary N) is 1. The fourth-order valence-corrected chi connectivity index (χ4v) is 3.04. The molecule has 2 fully saturated rings. The topological polar surface area (TPSA) is 55.9 Å². The summed E-state index contributed by atoms with van der Waals surface area (Å²) < 4.78 is 0. The van der Waals surface area contributed by atoms with Crippen LogP contribution in [0.15, 0.2) is 0 Å². The van der Waals surface area contributed by atoms with Gasteiger partial charge in [0.2, 0.25) is 11.8 Å². The Labute approximate surface area is 151 Å². The second-order valence-electron chi connectivity index (χ2n) is 5.86. The van der Waals surface area contributed by atoms with Crippen LogP contribution in [0.3, 0.4) is 0 Å². The molecule has 0 aromatic rings. The molecule has 2 rings (SSSR count). The third-order valence-corrected chi connectivity index (χ3v) is 4.61. The molecule has 0 aliphatic carbocycles. The van der Waals surface area contributed by atoms with Gasteiger partial charge in [-0.25, -0.2) is 0 Å². The van der Waals surface area contributed by atoms with Crippen LogP contribution in [0.25, 0.3) is 0 Å². The Morgan fingerprint density at radius 3 is 2.09 bits per heavy atom. The molecule has 0 spiro atoms. The van der Waals surface area contributed by atoms with Gasteiger partial charge < -0.3 is 15.1 Å². The molecule has 2 aliphatic rings. The zero-order valence-corrected chi connectivity index (χ0v) is 15.8. The van der Waals surface area contributed by atoms with Crippen molar-refractivity contribution in [2.45, 2.75) is 20.3 Å². The largest absolute Gasteiger partial charge is 0.339 e. The minimum Gasteiger partial charge on any atom is -0.339 e. The Kier molecular flexibility index (Phi) is 10.8. The molecule has 136 valence electrons. The van der Waals surface area contributed by atoms with Crippen LogP contribution in [0.5, 0.6) is 0 Å². The van der Waals surface area contributed by atoms with Crippen LogP contribution in [0, 0.1) is 5.92 Å². The molecule has 23 heavy (non-hydrogen) atoms. The predicted octanol–water partition coefficient (Wildman–Crippen LogP) is 0.452. The van der Waals surface area contributed by atoms with Gasteiger partial charge in [-0.05, 0) is 26.1 Å². The highest BCUT2D eigenvalue weighted by molar-refractivity contribution is 5.85. The lowest BCUT2D eigenvalue weighted by atomic mass is 10.1. The van der Waals surface area contributed by atoms with E-state index in [9.17, 15) is 9.59 Å². The molecule has 6 nitrogen and oxygen atoms in total. The summed E-state index contributed by atoms with van der Waals surface area (Å²) in [4.78, 5) is 30.5. The second kappa shape index (κ2) is 11.1. The van der Waals surface area contributed by atoms with Gasteiger partial charge in [0.05, 0.1) is 12.5 Å². The Morgan fingerprint density at radius 1 is 1.04 bits per heavy atom. The maximum Gasteiger partial charge on any atom is 0.236 e. The number of rotatable bonds is 5. The smallest absolute Gasteiger partial charge is 0.236 e. The number of piperazine rings is 1. The average Bonchev–Trinajstić information content (AvgIpc) is 3.06. The van der Waals surface area contributed by atoms with Gasteiger partial charge in [0.1, 0.15) is 0 Å². The van der Waals surface area contributed by atoms with Crippen molar-refractivity contribution in [3.05, 3.63) is 0 Å². The van der Waals surface area contributed by atoms with E-state index in [1.54, 1.807) is 0 Å². The van der Waals surface area contributed by atoms with E-state index in [2.05, 4.69) is 24.1 Å². The standard InChI is InChI=1S/C15H28N4O2.2ClH/c1-3-17(4-2)12-14(20)18-7-9-19(10-8-18)15(21)13-5-6-16-11-13;;/h13,16H,3-12H2,1-2H3;2*1H. The van der Waals surface area contributed by atoms with Crippen molar-refractivity contribution in [3.8, 4) is 0 Å². The van der Waals surface area contributed by atoms with E-state index in [0.717, 1.165) is 32.6 Å². The van der Waals surface area contributed by atoms with Crippen LogP contribution < -0.4 is 5.32 Å². The maximum absolute atomic E-state index is 12.3. The summed E-state index contributed by atoms with van der Waals surface area (Å²) in [6.45, 7) is 10.9. The summed E-state index contributed by atoms with van der Waals surface area (Å²) in [6.07, 6.45) is 0.944. The summed E-state index contributed by atoms with van der Waals surface area (Å²) in [5.41, 5.74) is 0. The van der Waals surface area contributed by atoms with Gasteiger partial charge in [-0.1, -0.05) is 13.8 Å². The lowest BCUT2D eigenvalue weighted by Crippen LogP contribution is -2.53. The normalized spacial score (nSPS) is 20.9. The minimum atomic E-state index is 0. The van der Waals surface area contributed by atoms with Crippen LogP contribution in [0.1, 0.15) is 20.3 Å². The van der Waals surface area contributed by atoms with E-state index in [1.165, 1.54) is 0 Å². The molecular weight excluding hydrogens is 339 g/mol. The van der Waals surface area contributed by atoms with E-state index in [4.69, 9.17) is 0 Å². The molecule has 2 heterocycles. The molecule has 0 aromatic heterocycles. The summed E-state index contributed by atoms with van der Waals surface area (Å²) in [6, 6.07) is 0. The minimum absolute atomic E-state index is 0. The first-order valence-corrected chi connectivity index (χ1v) is 8.15. The molecule has 1 atom stereocenters. The maximum atomic E-state index is 12.3. The number of carbonyl (C=O) groups is 2. The molecule has 0 aromatic carbocycles. The molecule has 2 saturated heterocycles. The van der Waals surface area contributed by atoms with Crippen molar-refractivity contribution in [2.75, 3.05) is 58.9 Å². The Hall–Kier alpha value is -0.560. The quantitative estimate of drug-likeness (QED) is 0.765. The number of halogens is 2. The van der Waals surface area contributed by atoms with Crippen LogP contribution in [-0.4, -0.2) is 85.4 Å². The highest BCUT2D eigenvalue weighted by Gasteiger charge is 2.30. The first-order valence-electron chi connectivity index (χ1n) is 8.15. The van der Waals surface area contributed by atoms with Gasteiger partial charge in [-0.15, -0.1) is 24.8 Å². The summed E-state index contributed by atoms with van der Waals surface area (Å²) in [5.74, 6) is 0.590. The third-order valence-electron chi connectivity index (χ3n) is 4.61. The summed E-state index contributed by atoms with van der Waals surface area (Å²) >= 11 is 0. The van der Waals surface area contributed by atoms with Crippen molar-refractivity contribution in [1.82, 2.24) is 20.0 Å². The number of likely N-dealkylation sites (N-methyl/N-ethyl adjacent to an activating group) is 1. The predicted molar refractivity (Wildman–Crippen MR) is 96.4 cm³/mol. The molecule has 2 amide bonds. The molecule has 0 saturated carbocycles. The molecule has 1 N–H and O–H groups in total. The van der Waals surface area contributed by atoms with E-state index >= 15 is 0 Å². The zero-order chi connectivity index (χ0) is 15.2. The van der Waals surface area contributed by atoms with E-state index in [0.29, 0.717) is 32.7 Å². The van der Waals surface area contributed by atoms with Crippen molar-refractivity contribution in [1.29, 1.82) is 0 Å². The van der Waals surface area contributed by atoms with Crippen molar-refractivity contribution in [3.63, 3.8) is 0 Å². The van der Waals surface area contributed by atoms with Crippen molar-refractivity contribution in [2.24, 2.45) is 5.92 Å². The highest BCUT2D eigenvalue weighted by atomic mass is 35.5. The highest BCUT2D eigenvalue weighted by Crippen LogP contribution is 2.13. The lowest BCUT2D eigenvalue weighted by molar-refractivity contribution is -0.142. The van der Waals surface area contributed by atoms with E-state index in [-0.39, 0.29) is 42.5 Å². The monoisotopic (exact) mass is 368 g/mol. The molecule has 0 bridgehead atoms. The van der Waals surface area contributed by atoms with E-state index in [1.807, 2.05) is 9.80 Å². The Bertz CT molecular complexity index is 366. The van der Waals surface area contributed by atoms with Crippen LogP contribution in [0.4, 0.5) is 0 Å². The lowest BCUT2D eigenvalue weighted by Gasteiger charge is -2.36. The molecule has 0 radical (unpaired) electrons. The van der Waals surface area contributed by atoms with Gasteiger partial charge in [0.15, 0.2) is 0 Å². The van der Waals surface area contributed by atoms with Gasteiger partial charge >= 0.3 is 0 Å².